The predicted octanol–water partition coefficient (Wildman–Crippen LogP) is 2.69. The molecule has 0 aliphatic heterocycles. The van der Waals surface area contributed by atoms with Crippen molar-refractivity contribution in [2.45, 2.75) is 5.33 Å². The predicted molar refractivity (Wildman–Crippen MR) is 66.7 cm³/mol. The fourth-order valence-electron chi connectivity index (χ4n) is 1.25. The van der Waals surface area contributed by atoms with Gasteiger partial charge in [-0.1, -0.05) is 34.1 Å². The Balaban J connectivity index is 2.97. The maximum Gasteiger partial charge on any atom is 0.0991 e. The SMILES string of the molecule is CNCC=Cc1cc(C#N)ccc1CBr. The quantitative estimate of drug-likeness (QED) is 0.849. The second-order valence-corrected chi connectivity index (χ2v) is 3.68. The molecule has 1 N–H and O–H groups in total. The van der Waals surface area contributed by atoms with Gasteiger partial charge in [0.2, 0.25) is 0 Å². The summed E-state index contributed by atoms with van der Waals surface area (Å²) in [7, 11) is 1.90. The average molecular weight is 265 g/mol. The lowest BCUT2D eigenvalue weighted by molar-refractivity contribution is 0.922. The molecule has 1 rings (SSSR count). The minimum atomic E-state index is 0.698. The van der Waals surface area contributed by atoms with Crippen LogP contribution in [0.25, 0.3) is 6.08 Å². The minimum absolute atomic E-state index is 0.698. The zero-order valence-corrected chi connectivity index (χ0v) is 10.2. The molecule has 0 saturated heterocycles. The van der Waals surface area contributed by atoms with Crippen LogP contribution < -0.4 is 5.32 Å². The highest BCUT2D eigenvalue weighted by Gasteiger charge is 1.99. The van der Waals surface area contributed by atoms with E-state index in [4.69, 9.17) is 5.26 Å². The van der Waals surface area contributed by atoms with Gasteiger partial charge < -0.3 is 5.32 Å². The summed E-state index contributed by atoms with van der Waals surface area (Å²) in [6, 6.07) is 7.87. The number of likely N-dealkylation sites (N-methyl/N-ethyl adjacent to an activating group) is 1. The molecule has 0 saturated carbocycles. The van der Waals surface area contributed by atoms with Gasteiger partial charge in [-0.25, -0.2) is 0 Å². The molecule has 0 radical (unpaired) electrons. The van der Waals surface area contributed by atoms with Crippen LogP contribution in [-0.4, -0.2) is 13.6 Å². The van der Waals surface area contributed by atoms with Gasteiger partial charge in [0.15, 0.2) is 0 Å². The Morgan fingerprint density at radius 2 is 2.33 bits per heavy atom. The molecule has 2 nitrogen and oxygen atoms in total. The van der Waals surface area contributed by atoms with E-state index in [0.29, 0.717) is 5.56 Å². The van der Waals surface area contributed by atoms with Crippen molar-refractivity contribution >= 4 is 22.0 Å². The van der Waals surface area contributed by atoms with Crippen molar-refractivity contribution in [2.24, 2.45) is 0 Å². The highest BCUT2D eigenvalue weighted by molar-refractivity contribution is 9.08. The average Bonchev–Trinajstić information content (AvgIpc) is 2.29. The van der Waals surface area contributed by atoms with Crippen LogP contribution in [0.2, 0.25) is 0 Å². The van der Waals surface area contributed by atoms with Crippen LogP contribution in [-0.2, 0) is 5.33 Å². The van der Waals surface area contributed by atoms with Crippen molar-refractivity contribution < 1.29 is 0 Å². The van der Waals surface area contributed by atoms with Gasteiger partial charge in [-0.05, 0) is 30.3 Å². The van der Waals surface area contributed by atoms with Crippen molar-refractivity contribution in [3.63, 3.8) is 0 Å². The van der Waals surface area contributed by atoms with Gasteiger partial charge in [0.25, 0.3) is 0 Å². The zero-order valence-electron chi connectivity index (χ0n) is 8.63. The normalized spacial score (nSPS) is 10.5. The Morgan fingerprint density at radius 3 is 2.93 bits per heavy atom. The first-order chi connectivity index (χ1) is 7.31. The Morgan fingerprint density at radius 1 is 1.53 bits per heavy atom. The number of hydrogen-bond acceptors (Lipinski definition) is 2. The molecule has 3 heteroatoms. The van der Waals surface area contributed by atoms with Crippen LogP contribution in [0, 0.1) is 11.3 Å². The standard InChI is InChI=1S/C12H13BrN2/c1-15-6-2-3-11-7-10(9-14)4-5-12(11)8-13/h2-5,7,15H,6,8H2,1H3. The summed E-state index contributed by atoms with van der Waals surface area (Å²) in [5, 5.41) is 12.6. The fraction of sp³-hybridized carbons (Fsp3) is 0.250. The molecule has 0 amide bonds. The Bertz CT molecular complexity index is 391. The monoisotopic (exact) mass is 264 g/mol. The van der Waals surface area contributed by atoms with Gasteiger partial charge in [-0.15, -0.1) is 0 Å². The molecule has 1 aromatic rings. The van der Waals surface area contributed by atoms with Gasteiger partial charge in [-0.3, -0.25) is 0 Å². The maximum absolute atomic E-state index is 8.80. The van der Waals surface area contributed by atoms with E-state index in [1.807, 2.05) is 37.4 Å². The summed E-state index contributed by atoms with van der Waals surface area (Å²) in [4.78, 5) is 0. The molecule has 0 bridgehead atoms. The highest BCUT2D eigenvalue weighted by atomic mass is 79.9. The Labute approximate surface area is 98.7 Å². The number of rotatable bonds is 4. The summed E-state index contributed by atoms with van der Waals surface area (Å²) in [6.45, 7) is 0.832. The van der Waals surface area contributed by atoms with E-state index in [9.17, 15) is 0 Å². The molecule has 0 fully saturated rings. The second kappa shape index (κ2) is 6.39. The third kappa shape index (κ3) is 3.50. The molecule has 0 spiro atoms. The lowest BCUT2D eigenvalue weighted by Crippen LogP contribution is -2.03. The van der Waals surface area contributed by atoms with E-state index in [-0.39, 0.29) is 0 Å². The van der Waals surface area contributed by atoms with E-state index in [2.05, 4.69) is 27.3 Å². The molecule has 0 aliphatic rings. The van der Waals surface area contributed by atoms with Crippen LogP contribution in [0.15, 0.2) is 24.3 Å². The lowest BCUT2D eigenvalue weighted by atomic mass is 10.1. The van der Waals surface area contributed by atoms with E-state index >= 15 is 0 Å². The summed E-state index contributed by atoms with van der Waals surface area (Å²) >= 11 is 3.43. The first-order valence-corrected chi connectivity index (χ1v) is 5.84. The second-order valence-electron chi connectivity index (χ2n) is 3.12. The number of halogens is 1. The van der Waals surface area contributed by atoms with Crippen LogP contribution in [0.3, 0.4) is 0 Å². The largest absolute Gasteiger partial charge is 0.316 e. The van der Waals surface area contributed by atoms with Crippen molar-refractivity contribution in [1.29, 1.82) is 5.26 Å². The van der Waals surface area contributed by atoms with Gasteiger partial charge >= 0.3 is 0 Å². The zero-order chi connectivity index (χ0) is 11.1. The molecular weight excluding hydrogens is 252 g/mol. The van der Waals surface area contributed by atoms with Crippen molar-refractivity contribution in [3.05, 3.63) is 41.0 Å². The summed E-state index contributed by atoms with van der Waals surface area (Å²) < 4.78 is 0. The van der Waals surface area contributed by atoms with Gasteiger partial charge in [0.1, 0.15) is 0 Å². The van der Waals surface area contributed by atoms with E-state index in [0.717, 1.165) is 17.4 Å². The first-order valence-electron chi connectivity index (χ1n) is 4.72. The number of benzene rings is 1. The number of alkyl halides is 1. The van der Waals surface area contributed by atoms with Crippen LogP contribution >= 0.6 is 15.9 Å². The third-order valence-electron chi connectivity index (χ3n) is 2.04. The summed E-state index contributed by atoms with van der Waals surface area (Å²) in [6.07, 6.45) is 4.08. The van der Waals surface area contributed by atoms with E-state index in [1.165, 1.54) is 5.56 Å². The highest BCUT2D eigenvalue weighted by Crippen LogP contribution is 2.16. The Kier molecular flexibility index (Phi) is 5.09. The molecule has 78 valence electrons. The van der Waals surface area contributed by atoms with Gasteiger partial charge in [0.05, 0.1) is 11.6 Å². The first kappa shape index (κ1) is 12.0. The van der Waals surface area contributed by atoms with E-state index < -0.39 is 0 Å². The topological polar surface area (TPSA) is 35.8 Å². The number of nitrogens with one attached hydrogen (secondary N) is 1. The van der Waals surface area contributed by atoms with Crippen LogP contribution in [0.5, 0.6) is 0 Å². The third-order valence-corrected chi connectivity index (χ3v) is 2.64. The van der Waals surface area contributed by atoms with Crippen LogP contribution in [0.4, 0.5) is 0 Å². The summed E-state index contributed by atoms with van der Waals surface area (Å²) in [5.74, 6) is 0. The number of hydrogen-bond donors (Lipinski definition) is 1. The van der Waals surface area contributed by atoms with Crippen molar-refractivity contribution in [3.8, 4) is 6.07 Å². The molecular formula is C12H13BrN2. The van der Waals surface area contributed by atoms with Gasteiger partial charge in [0, 0.05) is 11.9 Å². The van der Waals surface area contributed by atoms with E-state index in [1.54, 1.807) is 0 Å². The molecule has 0 heterocycles. The minimum Gasteiger partial charge on any atom is -0.316 e. The van der Waals surface area contributed by atoms with Crippen LogP contribution in [0.1, 0.15) is 16.7 Å². The fourth-order valence-corrected chi connectivity index (χ4v) is 1.76. The van der Waals surface area contributed by atoms with Gasteiger partial charge in [-0.2, -0.15) is 5.26 Å². The van der Waals surface area contributed by atoms with Crippen molar-refractivity contribution in [2.75, 3.05) is 13.6 Å². The molecule has 0 aromatic heterocycles. The number of nitrogens with zero attached hydrogens (tertiary/aromatic N) is 1. The summed E-state index contributed by atoms with van der Waals surface area (Å²) in [5.41, 5.74) is 2.99. The molecule has 0 atom stereocenters. The molecule has 0 aliphatic carbocycles. The maximum atomic E-state index is 8.80. The Hall–Kier alpha value is -1.11. The molecule has 1 aromatic carbocycles. The number of nitriles is 1. The molecule has 0 unspecified atom stereocenters. The smallest absolute Gasteiger partial charge is 0.0991 e. The molecule has 15 heavy (non-hydrogen) atoms. The lowest BCUT2D eigenvalue weighted by Gasteiger charge is -2.02. The van der Waals surface area contributed by atoms with Crippen molar-refractivity contribution in [1.82, 2.24) is 5.32 Å².